The molecule has 176 valence electrons. The Morgan fingerprint density at radius 1 is 0.969 bits per heavy atom. The summed E-state index contributed by atoms with van der Waals surface area (Å²) in [4.78, 5) is 30.0. The van der Waals surface area contributed by atoms with Crippen molar-refractivity contribution < 1.29 is 19.1 Å². The van der Waals surface area contributed by atoms with Gasteiger partial charge in [0.15, 0.2) is 11.5 Å². The van der Waals surface area contributed by atoms with Gasteiger partial charge in [-0.05, 0) is 61.9 Å². The molecule has 2 amide bonds. The van der Waals surface area contributed by atoms with E-state index in [1.165, 1.54) is 24.8 Å². The van der Waals surface area contributed by atoms with Crippen LogP contribution in [0.2, 0.25) is 0 Å². The van der Waals surface area contributed by atoms with Crippen LogP contribution >= 0.6 is 0 Å². The number of likely N-dealkylation sites (tertiary alicyclic amines) is 1. The molecule has 1 unspecified atom stereocenters. The molecule has 1 saturated carbocycles. The first kappa shape index (κ1) is 22.9. The molecule has 0 bridgehead atoms. The number of rotatable bonds is 6. The largest absolute Gasteiger partial charge is 0.493 e. The van der Waals surface area contributed by atoms with E-state index in [0.717, 1.165) is 50.0 Å². The fourth-order valence-electron chi connectivity index (χ4n) is 5.37. The highest BCUT2D eigenvalue weighted by atomic mass is 16.5. The minimum Gasteiger partial charge on any atom is -0.493 e. The molecular weight excluding hydrogens is 406 g/mol. The average Bonchev–Trinajstić information content (AvgIpc) is 2.83. The highest BCUT2D eigenvalue weighted by Gasteiger charge is 2.30. The minimum absolute atomic E-state index is 0.00251. The Morgan fingerprint density at radius 3 is 2.41 bits per heavy atom. The van der Waals surface area contributed by atoms with Crippen LogP contribution in [0.4, 0.5) is 0 Å². The third kappa shape index (κ3) is 5.37. The van der Waals surface area contributed by atoms with E-state index in [-0.39, 0.29) is 17.7 Å². The number of carbonyl (C=O) groups excluding carboxylic acids is 2. The highest BCUT2D eigenvalue weighted by Crippen LogP contribution is 2.33. The first-order valence-corrected chi connectivity index (χ1v) is 12.1. The maximum atomic E-state index is 13.1. The maximum Gasteiger partial charge on any atom is 0.237 e. The molecule has 32 heavy (non-hydrogen) atoms. The lowest BCUT2D eigenvalue weighted by Gasteiger charge is -2.35. The molecule has 0 aromatic heterocycles. The number of nitrogens with zero attached hydrogens (tertiary/aromatic N) is 2. The minimum atomic E-state index is -0.00251. The average molecular weight is 444 g/mol. The fourth-order valence-corrected chi connectivity index (χ4v) is 5.37. The molecular formula is C25H37N3O4. The number of amides is 2. The molecule has 0 spiro atoms. The Bertz CT molecular complexity index is 822. The topological polar surface area (TPSA) is 71.1 Å². The summed E-state index contributed by atoms with van der Waals surface area (Å²) in [7, 11) is 3.28. The molecule has 0 radical (unpaired) electrons. The highest BCUT2D eigenvalue weighted by molar-refractivity contribution is 5.80. The van der Waals surface area contributed by atoms with Crippen molar-refractivity contribution in [3.63, 3.8) is 0 Å². The fraction of sp³-hybridized carbons (Fsp3) is 0.680. The van der Waals surface area contributed by atoms with Crippen LogP contribution in [0.15, 0.2) is 12.1 Å². The third-order valence-corrected chi connectivity index (χ3v) is 7.26. The van der Waals surface area contributed by atoms with Crippen molar-refractivity contribution in [2.24, 2.45) is 5.92 Å². The third-order valence-electron chi connectivity index (χ3n) is 7.26. The van der Waals surface area contributed by atoms with Crippen molar-refractivity contribution >= 4 is 11.8 Å². The van der Waals surface area contributed by atoms with Gasteiger partial charge < -0.3 is 19.7 Å². The molecule has 7 nitrogen and oxygen atoms in total. The van der Waals surface area contributed by atoms with E-state index in [9.17, 15) is 9.59 Å². The molecule has 2 aliphatic heterocycles. The summed E-state index contributed by atoms with van der Waals surface area (Å²) in [5, 5.41) is 3.27. The van der Waals surface area contributed by atoms with Gasteiger partial charge in [-0.15, -0.1) is 0 Å². The van der Waals surface area contributed by atoms with Crippen molar-refractivity contribution in [3.8, 4) is 11.5 Å². The Morgan fingerprint density at radius 2 is 1.69 bits per heavy atom. The van der Waals surface area contributed by atoms with Crippen LogP contribution in [0.5, 0.6) is 11.5 Å². The second-order valence-electron chi connectivity index (χ2n) is 9.46. The summed E-state index contributed by atoms with van der Waals surface area (Å²) < 4.78 is 10.8. The number of hydrogen-bond donors (Lipinski definition) is 1. The molecule has 1 N–H and O–H groups in total. The van der Waals surface area contributed by atoms with Crippen LogP contribution in [0.1, 0.15) is 56.1 Å². The van der Waals surface area contributed by atoms with Gasteiger partial charge in [0.05, 0.1) is 26.7 Å². The molecule has 2 fully saturated rings. The smallest absolute Gasteiger partial charge is 0.237 e. The van der Waals surface area contributed by atoms with Crippen LogP contribution in [0, 0.1) is 5.92 Å². The van der Waals surface area contributed by atoms with Crippen molar-refractivity contribution in [1.29, 1.82) is 0 Å². The van der Waals surface area contributed by atoms with Crippen molar-refractivity contribution in [3.05, 3.63) is 23.3 Å². The van der Waals surface area contributed by atoms with E-state index in [4.69, 9.17) is 9.47 Å². The van der Waals surface area contributed by atoms with E-state index in [1.54, 1.807) is 14.2 Å². The number of benzene rings is 1. The molecule has 7 heteroatoms. The zero-order valence-corrected chi connectivity index (χ0v) is 19.5. The summed E-state index contributed by atoms with van der Waals surface area (Å²) in [5.74, 6) is 1.75. The predicted octanol–water partition coefficient (Wildman–Crippen LogP) is 2.75. The Kier molecular flexibility index (Phi) is 7.55. The lowest BCUT2D eigenvalue weighted by Crippen LogP contribution is -2.49. The number of nitrogens with one attached hydrogen (secondary N) is 1. The van der Waals surface area contributed by atoms with E-state index in [2.05, 4.69) is 10.2 Å². The zero-order valence-electron chi connectivity index (χ0n) is 19.5. The van der Waals surface area contributed by atoms with Crippen LogP contribution in [0.25, 0.3) is 0 Å². The Labute approximate surface area is 191 Å². The first-order valence-electron chi connectivity index (χ1n) is 12.1. The standard InChI is InChI=1S/C25H37N3O4/c1-31-22-13-18-10-12-28(16-20(18)14-23(22)32-2)24(29)17-27-11-6-7-19(15-27)25(30)26-21-8-4-3-5-9-21/h13-14,19,21H,3-12,15-17H2,1-2H3,(H,26,30). The number of ether oxygens (including phenoxy) is 2. The van der Waals surface area contributed by atoms with Crippen molar-refractivity contribution in [1.82, 2.24) is 15.1 Å². The molecule has 3 aliphatic rings. The Balaban J connectivity index is 1.31. The summed E-state index contributed by atoms with van der Waals surface area (Å²) >= 11 is 0. The van der Waals surface area contributed by atoms with E-state index < -0.39 is 0 Å². The number of fused-ring (bicyclic) bond motifs is 1. The number of piperidine rings is 1. The normalized spacial score (nSPS) is 22.2. The van der Waals surface area contributed by atoms with Gasteiger partial charge in [0, 0.05) is 25.7 Å². The summed E-state index contributed by atoms with van der Waals surface area (Å²) in [6.07, 6.45) is 8.63. The summed E-state index contributed by atoms with van der Waals surface area (Å²) in [6.45, 7) is 3.25. The molecule has 1 aromatic carbocycles. The van der Waals surface area contributed by atoms with Crippen molar-refractivity contribution in [2.75, 3.05) is 40.4 Å². The quantitative estimate of drug-likeness (QED) is 0.732. The number of carbonyl (C=O) groups is 2. The van der Waals surface area contributed by atoms with Gasteiger partial charge in [0.2, 0.25) is 11.8 Å². The number of hydrogen-bond acceptors (Lipinski definition) is 5. The van der Waals surface area contributed by atoms with Crippen LogP contribution in [0.3, 0.4) is 0 Å². The summed E-state index contributed by atoms with van der Waals surface area (Å²) in [6, 6.07) is 4.35. The molecule has 4 rings (SSSR count). The Hall–Kier alpha value is -2.28. The maximum absolute atomic E-state index is 13.1. The second kappa shape index (κ2) is 10.6. The molecule has 1 aromatic rings. The first-order chi connectivity index (χ1) is 15.6. The van der Waals surface area contributed by atoms with Gasteiger partial charge >= 0.3 is 0 Å². The van der Waals surface area contributed by atoms with Crippen LogP contribution < -0.4 is 14.8 Å². The lowest BCUT2D eigenvalue weighted by atomic mass is 9.93. The molecule has 1 aliphatic carbocycles. The zero-order chi connectivity index (χ0) is 22.5. The van der Waals surface area contributed by atoms with E-state index in [1.807, 2.05) is 17.0 Å². The van der Waals surface area contributed by atoms with E-state index in [0.29, 0.717) is 38.0 Å². The van der Waals surface area contributed by atoms with Gasteiger partial charge in [-0.1, -0.05) is 19.3 Å². The number of methoxy groups -OCH3 is 2. The van der Waals surface area contributed by atoms with Gasteiger partial charge in [-0.3, -0.25) is 14.5 Å². The monoisotopic (exact) mass is 443 g/mol. The molecule has 1 atom stereocenters. The van der Waals surface area contributed by atoms with Gasteiger partial charge in [0.1, 0.15) is 0 Å². The SMILES string of the molecule is COc1cc2c(cc1OC)CN(C(=O)CN1CCCC(C(=O)NC3CCCCC3)C1)CC2. The van der Waals surface area contributed by atoms with Gasteiger partial charge in [-0.2, -0.15) is 0 Å². The van der Waals surface area contributed by atoms with Gasteiger partial charge in [0.25, 0.3) is 0 Å². The lowest BCUT2D eigenvalue weighted by molar-refractivity contribution is -0.135. The van der Waals surface area contributed by atoms with Crippen LogP contribution in [-0.4, -0.2) is 68.1 Å². The second-order valence-corrected chi connectivity index (χ2v) is 9.46. The molecule has 1 saturated heterocycles. The van der Waals surface area contributed by atoms with Gasteiger partial charge in [-0.25, -0.2) is 0 Å². The summed E-state index contributed by atoms with van der Waals surface area (Å²) in [5.41, 5.74) is 2.33. The van der Waals surface area contributed by atoms with E-state index >= 15 is 0 Å². The molecule has 2 heterocycles. The van der Waals surface area contributed by atoms with Crippen LogP contribution in [-0.2, 0) is 22.6 Å². The van der Waals surface area contributed by atoms with Crippen molar-refractivity contribution in [2.45, 2.75) is 64.0 Å². The predicted molar refractivity (Wildman–Crippen MR) is 123 cm³/mol.